The van der Waals surface area contributed by atoms with Crippen molar-refractivity contribution in [1.29, 1.82) is 0 Å². The van der Waals surface area contributed by atoms with Crippen LogP contribution in [0.3, 0.4) is 0 Å². The molecule has 0 aliphatic carbocycles. The van der Waals surface area contributed by atoms with Crippen molar-refractivity contribution in [3.63, 3.8) is 0 Å². The summed E-state index contributed by atoms with van der Waals surface area (Å²) in [4.78, 5) is 4.34. The predicted molar refractivity (Wildman–Crippen MR) is 108 cm³/mol. The summed E-state index contributed by atoms with van der Waals surface area (Å²) in [6, 6.07) is 13.5. The summed E-state index contributed by atoms with van der Waals surface area (Å²) < 4.78 is 7.66. The first-order chi connectivity index (χ1) is 13.1. The molecule has 0 fully saturated rings. The van der Waals surface area contributed by atoms with Crippen LogP contribution in [0.5, 0.6) is 5.75 Å². The number of nitrogens with zero attached hydrogens (tertiary/aromatic N) is 3. The Kier molecular flexibility index (Phi) is 4.85. The van der Waals surface area contributed by atoms with E-state index in [-0.39, 0.29) is 18.0 Å². The first-order valence-electron chi connectivity index (χ1n) is 8.72. The van der Waals surface area contributed by atoms with Gasteiger partial charge < -0.3 is 15.8 Å². The average Bonchev–Trinajstić information content (AvgIpc) is 3.04. The van der Waals surface area contributed by atoms with Crippen molar-refractivity contribution in [3.8, 4) is 5.75 Å². The number of nitrogens with one attached hydrogen (secondary N) is 1. The van der Waals surface area contributed by atoms with Crippen LogP contribution in [0, 0.1) is 0 Å². The van der Waals surface area contributed by atoms with Gasteiger partial charge in [-0.15, -0.1) is 5.10 Å². The summed E-state index contributed by atoms with van der Waals surface area (Å²) in [6.45, 7) is 2.56. The number of aromatic nitrogens is 3. The van der Waals surface area contributed by atoms with Crippen LogP contribution in [0.15, 0.2) is 42.5 Å². The van der Waals surface area contributed by atoms with Crippen molar-refractivity contribution in [3.05, 3.63) is 63.6 Å². The highest BCUT2D eigenvalue weighted by atomic mass is 35.5. The van der Waals surface area contributed by atoms with E-state index in [1.54, 1.807) is 6.07 Å². The van der Waals surface area contributed by atoms with Crippen molar-refractivity contribution in [2.45, 2.75) is 25.4 Å². The molecule has 140 valence electrons. The third-order valence-electron chi connectivity index (χ3n) is 4.63. The molecule has 0 saturated carbocycles. The fraction of sp³-hybridized carbons (Fsp3) is 0.263. The lowest BCUT2D eigenvalue weighted by Gasteiger charge is -2.32. The van der Waals surface area contributed by atoms with E-state index in [2.05, 4.69) is 21.5 Å². The van der Waals surface area contributed by atoms with Crippen LogP contribution in [-0.4, -0.2) is 21.4 Å². The number of ether oxygens (including phenoxy) is 1. The first-order valence-corrected chi connectivity index (χ1v) is 9.47. The molecule has 1 aromatic heterocycles. The fourth-order valence-electron chi connectivity index (χ4n) is 3.44. The molecule has 3 N–H and O–H groups in total. The lowest BCUT2D eigenvalue weighted by Crippen LogP contribution is -2.28. The van der Waals surface area contributed by atoms with Gasteiger partial charge in [0.05, 0.1) is 28.7 Å². The maximum absolute atomic E-state index is 6.22. The SMILES string of the molecule is CCOc1ccccc1[C@@H]1C[C@@H](c2ccc(Cl)c(Cl)c2)Nc2nc(N)nn21. The Hall–Kier alpha value is -2.44. The number of fused-ring (bicyclic) bond motifs is 1. The fourth-order valence-corrected chi connectivity index (χ4v) is 3.75. The summed E-state index contributed by atoms with van der Waals surface area (Å²) in [5.41, 5.74) is 7.93. The number of nitrogens with two attached hydrogens (primary N) is 1. The molecule has 8 heteroatoms. The van der Waals surface area contributed by atoms with Crippen LogP contribution < -0.4 is 15.8 Å². The van der Waals surface area contributed by atoms with Gasteiger partial charge >= 0.3 is 0 Å². The molecular formula is C19H19Cl2N5O. The van der Waals surface area contributed by atoms with Crippen molar-refractivity contribution < 1.29 is 4.74 Å². The minimum atomic E-state index is -0.0757. The Morgan fingerprint density at radius 3 is 2.81 bits per heavy atom. The molecule has 0 unspecified atom stereocenters. The summed E-state index contributed by atoms with van der Waals surface area (Å²) in [5.74, 6) is 1.68. The maximum Gasteiger partial charge on any atom is 0.241 e. The van der Waals surface area contributed by atoms with Crippen molar-refractivity contribution in [2.75, 3.05) is 17.7 Å². The number of hydrogen-bond acceptors (Lipinski definition) is 5. The second kappa shape index (κ2) is 7.29. The van der Waals surface area contributed by atoms with E-state index in [1.807, 2.05) is 41.9 Å². The highest BCUT2D eigenvalue weighted by Crippen LogP contribution is 2.41. The molecule has 2 heterocycles. The van der Waals surface area contributed by atoms with E-state index in [0.29, 0.717) is 22.6 Å². The second-order valence-electron chi connectivity index (χ2n) is 6.33. The van der Waals surface area contributed by atoms with Crippen LogP contribution >= 0.6 is 23.2 Å². The standard InChI is InChI=1S/C19H19Cl2N5O/c1-2-27-17-6-4-3-5-12(17)16-10-15(11-7-8-13(20)14(21)9-11)23-19-24-18(22)25-26(16)19/h3-9,15-16H,2,10H2,1H3,(H3,22,23,24,25)/t15-,16-/m0/s1. The van der Waals surface area contributed by atoms with Gasteiger partial charge in [0.15, 0.2) is 0 Å². The topological polar surface area (TPSA) is 78.0 Å². The molecule has 2 atom stereocenters. The summed E-state index contributed by atoms with van der Waals surface area (Å²) in [5, 5.41) is 8.84. The van der Waals surface area contributed by atoms with Crippen molar-refractivity contribution in [2.24, 2.45) is 0 Å². The zero-order valence-corrected chi connectivity index (χ0v) is 16.2. The van der Waals surface area contributed by atoms with Gasteiger partial charge in [-0.3, -0.25) is 0 Å². The molecule has 2 aromatic carbocycles. The number of para-hydroxylation sites is 1. The number of nitrogen functional groups attached to an aromatic ring is 1. The number of rotatable bonds is 4. The third-order valence-corrected chi connectivity index (χ3v) is 5.37. The Morgan fingerprint density at radius 2 is 2.04 bits per heavy atom. The molecular weight excluding hydrogens is 385 g/mol. The predicted octanol–water partition coefficient (Wildman–Crippen LogP) is 4.71. The van der Waals surface area contributed by atoms with Gasteiger partial charge in [-0.05, 0) is 37.1 Å². The number of benzene rings is 2. The molecule has 3 aromatic rings. The lowest BCUT2D eigenvalue weighted by molar-refractivity contribution is 0.325. The van der Waals surface area contributed by atoms with Gasteiger partial charge in [0.1, 0.15) is 5.75 Å². The van der Waals surface area contributed by atoms with Gasteiger partial charge in [0.25, 0.3) is 0 Å². The molecule has 0 radical (unpaired) electrons. The van der Waals surface area contributed by atoms with Crippen molar-refractivity contribution >= 4 is 35.1 Å². The van der Waals surface area contributed by atoms with E-state index in [9.17, 15) is 0 Å². The lowest BCUT2D eigenvalue weighted by atomic mass is 9.93. The number of anilines is 2. The highest BCUT2D eigenvalue weighted by Gasteiger charge is 2.32. The van der Waals surface area contributed by atoms with E-state index >= 15 is 0 Å². The largest absolute Gasteiger partial charge is 0.494 e. The first kappa shape index (κ1) is 17.9. The molecule has 1 aliphatic rings. The zero-order chi connectivity index (χ0) is 19.0. The second-order valence-corrected chi connectivity index (χ2v) is 7.15. The molecule has 4 rings (SSSR count). The Morgan fingerprint density at radius 1 is 1.22 bits per heavy atom. The molecule has 0 spiro atoms. The van der Waals surface area contributed by atoms with Gasteiger partial charge in [0, 0.05) is 5.56 Å². The van der Waals surface area contributed by atoms with E-state index in [1.165, 1.54) is 0 Å². The smallest absolute Gasteiger partial charge is 0.241 e. The van der Waals surface area contributed by atoms with Crippen LogP contribution in [0.25, 0.3) is 0 Å². The van der Waals surface area contributed by atoms with Crippen LogP contribution in [0.1, 0.15) is 36.6 Å². The summed E-state index contributed by atoms with van der Waals surface area (Å²) in [6.07, 6.45) is 0.734. The molecule has 1 aliphatic heterocycles. The van der Waals surface area contributed by atoms with Crippen LogP contribution in [0.2, 0.25) is 10.0 Å². The zero-order valence-electron chi connectivity index (χ0n) is 14.7. The number of halogens is 2. The molecule has 0 saturated heterocycles. The van der Waals surface area contributed by atoms with Gasteiger partial charge in [-0.2, -0.15) is 4.98 Å². The van der Waals surface area contributed by atoms with Crippen molar-refractivity contribution in [1.82, 2.24) is 14.8 Å². The average molecular weight is 404 g/mol. The molecule has 0 amide bonds. The van der Waals surface area contributed by atoms with Gasteiger partial charge in [-0.25, -0.2) is 4.68 Å². The Labute approximate surface area is 167 Å². The minimum Gasteiger partial charge on any atom is -0.494 e. The van der Waals surface area contributed by atoms with E-state index in [4.69, 9.17) is 33.7 Å². The van der Waals surface area contributed by atoms with Gasteiger partial charge in [-0.1, -0.05) is 47.5 Å². The Balaban J connectivity index is 1.78. The molecule has 27 heavy (non-hydrogen) atoms. The van der Waals surface area contributed by atoms with E-state index in [0.717, 1.165) is 23.3 Å². The monoisotopic (exact) mass is 403 g/mol. The third kappa shape index (κ3) is 3.42. The Bertz CT molecular complexity index is 974. The minimum absolute atomic E-state index is 0.0180. The van der Waals surface area contributed by atoms with Crippen LogP contribution in [-0.2, 0) is 0 Å². The molecule has 6 nitrogen and oxygen atoms in total. The quantitative estimate of drug-likeness (QED) is 0.659. The highest BCUT2D eigenvalue weighted by molar-refractivity contribution is 6.42. The van der Waals surface area contributed by atoms with Crippen LogP contribution in [0.4, 0.5) is 11.9 Å². The van der Waals surface area contributed by atoms with Gasteiger partial charge in [0.2, 0.25) is 11.9 Å². The summed E-state index contributed by atoms with van der Waals surface area (Å²) in [7, 11) is 0. The summed E-state index contributed by atoms with van der Waals surface area (Å²) >= 11 is 12.3. The number of hydrogen-bond donors (Lipinski definition) is 2. The molecule has 0 bridgehead atoms. The maximum atomic E-state index is 6.22. The van der Waals surface area contributed by atoms with E-state index < -0.39 is 0 Å². The normalized spacial score (nSPS) is 18.6.